The minimum absolute atomic E-state index is 0.00809. The minimum Gasteiger partial charge on any atom is -0.339 e. The van der Waals surface area contributed by atoms with Gasteiger partial charge in [-0.3, -0.25) is 0 Å². The summed E-state index contributed by atoms with van der Waals surface area (Å²) < 4.78 is 4.95. The van der Waals surface area contributed by atoms with E-state index in [2.05, 4.69) is 15.5 Å². The molecule has 16 heavy (non-hydrogen) atoms. The Kier molecular flexibility index (Phi) is 3.38. The third-order valence-corrected chi connectivity index (χ3v) is 2.58. The summed E-state index contributed by atoms with van der Waals surface area (Å²) in [5.41, 5.74) is 0. The van der Waals surface area contributed by atoms with Crippen LogP contribution >= 0.6 is 0 Å². The van der Waals surface area contributed by atoms with E-state index in [1.807, 2.05) is 4.90 Å². The molecule has 0 spiro atoms. The number of hydrogen-bond donors (Lipinski definition) is 1. The molecular formula is C10H16N4O2. The monoisotopic (exact) mass is 224 g/mol. The Labute approximate surface area is 94.0 Å². The first-order valence-corrected chi connectivity index (χ1v) is 5.57. The molecule has 1 aliphatic rings. The molecule has 0 unspecified atom stereocenters. The van der Waals surface area contributed by atoms with Crippen molar-refractivity contribution in [3.63, 3.8) is 0 Å². The van der Waals surface area contributed by atoms with Crippen molar-refractivity contribution >= 4 is 6.03 Å². The van der Waals surface area contributed by atoms with Gasteiger partial charge in [-0.05, 0) is 19.8 Å². The van der Waals surface area contributed by atoms with Crippen molar-refractivity contribution in [1.82, 2.24) is 20.4 Å². The number of aromatic nitrogens is 2. The van der Waals surface area contributed by atoms with E-state index in [1.165, 1.54) is 0 Å². The number of urea groups is 1. The molecule has 0 aromatic carbocycles. The minimum atomic E-state index is 0.00809. The van der Waals surface area contributed by atoms with Crippen molar-refractivity contribution < 1.29 is 9.32 Å². The molecule has 2 heterocycles. The fourth-order valence-electron chi connectivity index (χ4n) is 1.75. The van der Waals surface area contributed by atoms with Crippen LogP contribution in [0.5, 0.6) is 0 Å². The second-order valence-electron chi connectivity index (χ2n) is 3.91. The molecule has 1 fully saturated rings. The molecule has 6 heteroatoms. The number of amides is 2. The van der Waals surface area contributed by atoms with E-state index < -0.39 is 0 Å². The van der Waals surface area contributed by atoms with Gasteiger partial charge < -0.3 is 14.7 Å². The molecule has 88 valence electrons. The van der Waals surface area contributed by atoms with Gasteiger partial charge in [-0.1, -0.05) is 5.16 Å². The first kappa shape index (κ1) is 10.9. The molecule has 1 aromatic heterocycles. The van der Waals surface area contributed by atoms with Crippen molar-refractivity contribution in [3.05, 3.63) is 11.7 Å². The summed E-state index contributed by atoms with van der Waals surface area (Å²) in [7, 11) is 0. The maximum absolute atomic E-state index is 11.6. The summed E-state index contributed by atoms with van der Waals surface area (Å²) in [4.78, 5) is 17.5. The van der Waals surface area contributed by atoms with E-state index in [4.69, 9.17) is 4.52 Å². The molecule has 1 aromatic rings. The van der Waals surface area contributed by atoms with E-state index in [1.54, 1.807) is 6.92 Å². The summed E-state index contributed by atoms with van der Waals surface area (Å²) in [6.45, 7) is 4.05. The molecule has 0 saturated carbocycles. The molecule has 6 nitrogen and oxygen atoms in total. The highest BCUT2D eigenvalue weighted by Crippen LogP contribution is 2.06. The molecule has 0 bridgehead atoms. The number of carbonyl (C=O) groups excluding carboxylic acids is 1. The van der Waals surface area contributed by atoms with E-state index in [0.717, 1.165) is 25.9 Å². The van der Waals surface area contributed by atoms with Gasteiger partial charge in [0.1, 0.15) is 0 Å². The smallest absolute Gasteiger partial charge is 0.317 e. The van der Waals surface area contributed by atoms with Crippen LogP contribution in [-0.4, -0.2) is 40.7 Å². The van der Waals surface area contributed by atoms with Gasteiger partial charge in [0.25, 0.3) is 0 Å². The fourth-order valence-corrected chi connectivity index (χ4v) is 1.75. The van der Waals surface area contributed by atoms with Crippen LogP contribution < -0.4 is 5.32 Å². The number of likely N-dealkylation sites (tertiary alicyclic amines) is 1. The number of nitrogens with one attached hydrogen (secondary N) is 1. The largest absolute Gasteiger partial charge is 0.339 e. The van der Waals surface area contributed by atoms with Crippen molar-refractivity contribution in [2.45, 2.75) is 26.2 Å². The zero-order valence-electron chi connectivity index (χ0n) is 9.40. The van der Waals surface area contributed by atoms with Gasteiger partial charge in [-0.25, -0.2) is 4.79 Å². The lowest BCUT2D eigenvalue weighted by Gasteiger charge is -2.15. The van der Waals surface area contributed by atoms with Crippen molar-refractivity contribution in [3.8, 4) is 0 Å². The predicted molar refractivity (Wildman–Crippen MR) is 56.9 cm³/mol. The fraction of sp³-hybridized carbons (Fsp3) is 0.700. The lowest BCUT2D eigenvalue weighted by molar-refractivity contribution is 0.208. The van der Waals surface area contributed by atoms with Crippen LogP contribution in [0.3, 0.4) is 0 Å². The van der Waals surface area contributed by atoms with Gasteiger partial charge >= 0.3 is 6.03 Å². The SMILES string of the molecule is Cc1noc(CCNC(=O)N2CCCC2)n1. The second-order valence-corrected chi connectivity index (χ2v) is 3.91. The molecular weight excluding hydrogens is 208 g/mol. The van der Waals surface area contributed by atoms with Gasteiger partial charge in [0.05, 0.1) is 0 Å². The quantitative estimate of drug-likeness (QED) is 0.821. The Balaban J connectivity index is 1.69. The molecule has 0 radical (unpaired) electrons. The summed E-state index contributed by atoms with van der Waals surface area (Å²) in [6.07, 6.45) is 2.80. The number of carbonyl (C=O) groups is 1. The maximum Gasteiger partial charge on any atom is 0.317 e. The first-order chi connectivity index (χ1) is 7.75. The highest BCUT2D eigenvalue weighted by atomic mass is 16.5. The maximum atomic E-state index is 11.6. The average Bonchev–Trinajstić information content (AvgIpc) is 2.89. The normalized spacial score (nSPS) is 15.4. The van der Waals surface area contributed by atoms with Crippen LogP contribution in [-0.2, 0) is 6.42 Å². The highest BCUT2D eigenvalue weighted by molar-refractivity contribution is 5.74. The lowest BCUT2D eigenvalue weighted by Crippen LogP contribution is -2.38. The van der Waals surface area contributed by atoms with Gasteiger partial charge in [0, 0.05) is 26.1 Å². The van der Waals surface area contributed by atoms with Crippen LogP contribution in [0.4, 0.5) is 4.79 Å². The van der Waals surface area contributed by atoms with Gasteiger partial charge in [-0.15, -0.1) is 0 Å². The van der Waals surface area contributed by atoms with Crippen LogP contribution in [0.1, 0.15) is 24.6 Å². The van der Waals surface area contributed by atoms with Crippen LogP contribution in [0.25, 0.3) is 0 Å². The molecule has 2 amide bonds. The Morgan fingerprint density at radius 3 is 2.88 bits per heavy atom. The predicted octanol–water partition coefficient (Wildman–Crippen LogP) is 0.726. The van der Waals surface area contributed by atoms with E-state index in [-0.39, 0.29) is 6.03 Å². The Bertz CT molecular complexity index is 357. The molecule has 0 aliphatic carbocycles. The van der Waals surface area contributed by atoms with Crippen molar-refractivity contribution in [2.75, 3.05) is 19.6 Å². The van der Waals surface area contributed by atoms with Gasteiger partial charge in [-0.2, -0.15) is 4.98 Å². The standard InChI is InChI=1S/C10H16N4O2/c1-8-12-9(16-13-8)4-5-11-10(15)14-6-2-3-7-14/h2-7H2,1H3,(H,11,15). The van der Waals surface area contributed by atoms with Gasteiger partial charge in [0.15, 0.2) is 5.82 Å². The lowest BCUT2D eigenvalue weighted by atomic mass is 10.4. The first-order valence-electron chi connectivity index (χ1n) is 5.57. The molecule has 1 aliphatic heterocycles. The summed E-state index contributed by atoms with van der Waals surface area (Å²) >= 11 is 0. The molecule has 0 atom stereocenters. The topological polar surface area (TPSA) is 71.3 Å². The number of hydrogen-bond acceptors (Lipinski definition) is 4. The van der Waals surface area contributed by atoms with E-state index in [9.17, 15) is 4.79 Å². The number of rotatable bonds is 3. The summed E-state index contributed by atoms with van der Waals surface area (Å²) in [5.74, 6) is 1.19. The van der Waals surface area contributed by atoms with Crippen LogP contribution in [0.2, 0.25) is 0 Å². The van der Waals surface area contributed by atoms with Gasteiger partial charge in [0.2, 0.25) is 5.89 Å². The number of nitrogens with zero attached hydrogens (tertiary/aromatic N) is 3. The third kappa shape index (κ3) is 2.71. The zero-order valence-corrected chi connectivity index (χ0v) is 9.40. The van der Waals surface area contributed by atoms with Crippen molar-refractivity contribution in [2.24, 2.45) is 0 Å². The van der Waals surface area contributed by atoms with E-state index in [0.29, 0.717) is 24.7 Å². The van der Waals surface area contributed by atoms with E-state index >= 15 is 0 Å². The highest BCUT2D eigenvalue weighted by Gasteiger charge is 2.17. The molecule has 2 rings (SSSR count). The second kappa shape index (κ2) is 4.96. The van der Waals surface area contributed by atoms with Crippen LogP contribution in [0.15, 0.2) is 4.52 Å². The molecule has 1 N–H and O–H groups in total. The van der Waals surface area contributed by atoms with Crippen LogP contribution in [0, 0.1) is 6.92 Å². The summed E-state index contributed by atoms with van der Waals surface area (Å²) in [5, 5.41) is 6.52. The summed E-state index contributed by atoms with van der Waals surface area (Å²) in [6, 6.07) is 0.00809. The Morgan fingerprint density at radius 1 is 1.50 bits per heavy atom. The molecule has 1 saturated heterocycles. The number of aryl methyl sites for hydroxylation is 1. The zero-order chi connectivity index (χ0) is 11.4. The Morgan fingerprint density at radius 2 is 2.25 bits per heavy atom. The third-order valence-electron chi connectivity index (χ3n) is 2.58. The Hall–Kier alpha value is -1.59. The van der Waals surface area contributed by atoms with Crippen molar-refractivity contribution in [1.29, 1.82) is 0 Å². The average molecular weight is 224 g/mol.